The minimum absolute atomic E-state index is 0.0974. The van der Waals surface area contributed by atoms with Gasteiger partial charge in [-0.05, 0) is 55.9 Å². The molecule has 1 saturated carbocycles. The first-order chi connectivity index (χ1) is 20.6. The van der Waals surface area contributed by atoms with Crippen molar-refractivity contribution in [2.24, 2.45) is 18.9 Å². The second kappa shape index (κ2) is 11.1. The van der Waals surface area contributed by atoms with Gasteiger partial charge in [0.25, 0.3) is 17.7 Å². The average Bonchev–Trinajstić information content (AvgIpc) is 3.60. The number of fused-ring (bicyclic) bond motifs is 1. The summed E-state index contributed by atoms with van der Waals surface area (Å²) >= 11 is 0. The maximum Gasteiger partial charge on any atom is 0.282 e. The third-order valence-corrected chi connectivity index (χ3v) is 8.83. The Morgan fingerprint density at radius 3 is 2.51 bits per heavy atom. The summed E-state index contributed by atoms with van der Waals surface area (Å²) < 4.78 is 46.7. The Labute approximate surface area is 247 Å². The molecule has 226 valence electrons. The smallest absolute Gasteiger partial charge is 0.282 e. The Bertz CT molecular complexity index is 1680. The van der Waals surface area contributed by atoms with Gasteiger partial charge in [0, 0.05) is 43.3 Å². The number of hydrogen-bond donors (Lipinski definition) is 1. The van der Waals surface area contributed by atoms with Crippen LogP contribution in [0, 0.1) is 17.7 Å². The normalized spacial score (nSPS) is 20.6. The second-order valence-electron chi connectivity index (χ2n) is 11.8. The number of amides is 2. The molecular formula is C31H34F3N7O2. The van der Waals surface area contributed by atoms with Crippen LogP contribution in [-0.4, -0.2) is 60.0 Å². The van der Waals surface area contributed by atoms with E-state index in [0.29, 0.717) is 29.5 Å². The van der Waals surface area contributed by atoms with Crippen molar-refractivity contribution < 1.29 is 22.8 Å². The number of alkyl halides is 2. The molecule has 4 heterocycles. The summed E-state index contributed by atoms with van der Waals surface area (Å²) in [7, 11) is 1.72. The lowest BCUT2D eigenvalue weighted by atomic mass is 9.79. The zero-order valence-corrected chi connectivity index (χ0v) is 24.4. The Balaban J connectivity index is 1.39. The van der Waals surface area contributed by atoms with Crippen LogP contribution in [0.4, 0.5) is 13.2 Å². The number of likely N-dealkylation sites (tertiary alicyclic amines) is 1. The molecule has 0 bridgehead atoms. The number of halogens is 3. The van der Waals surface area contributed by atoms with Crippen LogP contribution >= 0.6 is 0 Å². The van der Waals surface area contributed by atoms with E-state index >= 15 is 4.39 Å². The van der Waals surface area contributed by atoms with E-state index in [1.165, 1.54) is 24.5 Å². The molecule has 1 atom stereocenters. The van der Waals surface area contributed by atoms with Gasteiger partial charge in [0.1, 0.15) is 17.0 Å². The molecular weight excluding hydrogens is 559 g/mol. The van der Waals surface area contributed by atoms with E-state index in [1.807, 2.05) is 6.92 Å². The number of pyridine rings is 1. The Morgan fingerprint density at radius 2 is 1.81 bits per heavy atom. The molecule has 4 aromatic rings. The molecule has 1 N–H and O–H groups in total. The van der Waals surface area contributed by atoms with Crippen molar-refractivity contribution in [2.75, 3.05) is 13.1 Å². The van der Waals surface area contributed by atoms with Gasteiger partial charge in [-0.25, -0.2) is 18.2 Å². The average molecular weight is 594 g/mol. The minimum atomic E-state index is -2.92. The number of nitrogens with one attached hydrogen (secondary N) is 1. The molecule has 0 unspecified atom stereocenters. The summed E-state index contributed by atoms with van der Waals surface area (Å²) in [6.45, 7) is 3.33. The quantitative estimate of drug-likeness (QED) is 0.310. The zero-order valence-electron chi connectivity index (χ0n) is 24.4. The van der Waals surface area contributed by atoms with E-state index in [-0.39, 0.29) is 34.0 Å². The number of hydrogen-bond acceptors (Lipinski definition) is 5. The summed E-state index contributed by atoms with van der Waals surface area (Å²) in [5, 5.41) is 7.41. The van der Waals surface area contributed by atoms with Crippen LogP contribution < -0.4 is 5.32 Å². The Hall–Kier alpha value is -4.22. The van der Waals surface area contributed by atoms with Crippen LogP contribution in [0.2, 0.25) is 0 Å². The Morgan fingerprint density at radius 1 is 1.07 bits per heavy atom. The number of carbonyl (C=O) groups excluding carboxylic acids is 2. The highest BCUT2D eigenvalue weighted by Gasteiger charge is 2.46. The van der Waals surface area contributed by atoms with Gasteiger partial charge in [0.2, 0.25) is 0 Å². The molecule has 0 spiro atoms. The van der Waals surface area contributed by atoms with Crippen molar-refractivity contribution in [1.82, 2.24) is 34.5 Å². The predicted octanol–water partition coefficient (Wildman–Crippen LogP) is 5.38. The summed E-state index contributed by atoms with van der Waals surface area (Å²) in [5.74, 6) is -3.17. The molecule has 2 amide bonds. The summed E-state index contributed by atoms with van der Waals surface area (Å²) in [6, 6.07) is 5.83. The van der Waals surface area contributed by atoms with Crippen LogP contribution in [-0.2, 0) is 13.6 Å². The lowest BCUT2D eigenvalue weighted by Crippen LogP contribution is -2.58. The van der Waals surface area contributed by atoms with Gasteiger partial charge in [-0.3, -0.25) is 19.3 Å². The van der Waals surface area contributed by atoms with Crippen LogP contribution in [0.15, 0.2) is 42.9 Å². The van der Waals surface area contributed by atoms with Gasteiger partial charge in [-0.2, -0.15) is 5.10 Å². The third-order valence-electron chi connectivity index (χ3n) is 8.83. The van der Waals surface area contributed by atoms with Crippen LogP contribution in [0.3, 0.4) is 0 Å². The van der Waals surface area contributed by atoms with E-state index in [2.05, 4.69) is 22.3 Å². The van der Waals surface area contributed by atoms with Gasteiger partial charge >= 0.3 is 0 Å². The minimum Gasteiger partial charge on any atom is -0.340 e. The molecule has 3 aromatic heterocycles. The molecule has 2 aliphatic rings. The SMILES string of the molecule is CCn1nccc1C(=O)N[C@H](c1nc2ccc(-c3cnccc3C(=O)N3CC(F)(F)C3)c(F)c2n1C)[C@H]1CC[C@H](C)CC1. The molecule has 1 saturated heterocycles. The molecule has 1 aliphatic heterocycles. The number of rotatable bonds is 7. The monoisotopic (exact) mass is 593 g/mol. The molecule has 9 nitrogen and oxygen atoms in total. The first-order valence-electron chi connectivity index (χ1n) is 14.7. The number of imidazole rings is 1. The lowest BCUT2D eigenvalue weighted by molar-refractivity contribution is -0.113. The zero-order chi connectivity index (χ0) is 30.5. The molecule has 12 heteroatoms. The molecule has 2 fully saturated rings. The van der Waals surface area contributed by atoms with Crippen molar-refractivity contribution in [2.45, 2.75) is 58.0 Å². The van der Waals surface area contributed by atoms with Crippen LogP contribution in [0.5, 0.6) is 0 Å². The van der Waals surface area contributed by atoms with Crippen molar-refractivity contribution in [1.29, 1.82) is 0 Å². The first-order valence-corrected chi connectivity index (χ1v) is 14.7. The van der Waals surface area contributed by atoms with E-state index in [1.54, 1.807) is 34.6 Å². The van der Waals surface area contributed by atoms with Gasteiger partial charge in [-0.1, -0.05) is 19.8 Å². The fourth-order valence-corrected chi connectivity index (χ4v) is 6.39. The number of aryl methyl sites for hydroxylation is 2. The largest absolute Gasteiger partial charge is 0.340 e. The highest BCUT2D eigenvalue weighted by atomic mass is 19.3. The first kappa shape index (κ1) is 28.9. The van der Waals surface area contributed by atoms with Crippen LogP contribution in [0.25, 0.3) is 22.2 Å². The van der Waals surface area contributed by atoms with Gasteiger partial charge < -0.3 is 14.8 Å². The lowest BCUT2D eigenvalue weighted by Gasteiger charge is -2.38. The summed E-state index contributed by atoms with van der Waals surface area (Å²) in [6.07, 6.45) is 8.18. The van der Waals surface area contributed by atoms with Crippen molar-refractivity contribution in [3.63, 3.8) is 0 Å². The van der Waals surface area contributed by atoms with E-state index in [0.717, 1.165) is 30.6 Å². The number of benzene rings is 1. The number of nitrogens with zero attached hydrogens (tertiary/aromatic N) is 6. The van der Waals surface area contributed by atoms with Crippen LogP contribution in [0.1, 0.15) is 72.2 Å². The number of carbonyl (C=O) groups is 2. The molecule has 1 aliphatic carbocycles. The highest BCUT2D eigenvalue weighted by Crippen LogP contribution is 2.39. The topological polar surface area (TPSA) is 97.9 Å². The summed E-state index contributed by atoms with van der Waals surface area (Å²) in [4.78, 5) is 36.5. The standard InChI is InChI=1S/C31H34F3N7O2/c1-4-41-24(12-14-36-41)29(42)38-26(19-7-5-18(2)6-8-19)28-37-23-10-9-20(25(32)27(23)39(28)3)22-15-35-13-11-21(22)30(43)40-16-31(33,34)17-40/h9-15,18-19,26H,4-8,16-17H2,1-3H3,(H,38,42)/t18-,19-,26-/m0/s1. The highest BCUT2D eigenvalue weighted by molar-refractivity contribution is 6.02. The Kier molecular flexibility index (Phi) is 7.47. The maximum atomic E-state index is 16.4. The van der Waals surface area contributed by atoms with Crippen molar-refractivity contribution in [3.8, 4) is 11.1 Å². The molecule has 1 aromatic carbocycles. The van der Waals surface area contributed by atoms with E-state index in [9.17, 15) is 18.4 Å². The number of aromatic nitrogens is 5. The van der Waals surface area contributed by atoms with Gasteiger partial charge in [0.15, 0.2) is 5.82 Å². The molecule has 0 radical (unpaired) electrons. The van der Waals surface area contributed by atoms with Crippen molar-refractivity contribution in [3.05, 3.63) is 65.8 Å². The van der Waals surface area contributed by atoms with Crippen molar-refractivity contribution >= 4 is 22.8 Å². The molecule has 43 heavy (non-hydrogen) atoms. The predicted molar refractivity (Wildman–Crippen MR) is 154 cm³/mol. The van der Waals surface area contributed by atoms with E-state index in [4.69, 9.17) is 4.98 Å². The van der Waals surface area contributed by atoms with Gasteiger partial charge in [0.05, 0.1) is 30.2 Å². The summed E-state index contributed by atoms with van der Waals surface area (Å²) in [5.41, 5.74) is 1.48. The maximum absolute atomic E-state index is 16.4. The fraction of sp³-hybridized carbons (Fsp3) is 0.452. The van der Waals surface area contributed by atoms with Gasteiger partial charge in [-0.15, -0.1) is 0 Å². The second-order valence-corrected chi connectivity index (χ2v) is 11.8. The molecule has 6 rings (SSSR count). The van der Waals surface area contributed by atoms with E-state index < -0.39 is 36.8 Å². The third kappa shape index (κ3) is 5.27. The fourth-order valence-electron chi connectivity index (χ4n) is 6.39.